The highest BCUT2D eigenvalue weighted by Crippen LogP contribution is 2.29. The highest BCUT2D eigenvalue weighted by atomic mass is 15.2. The number of anilines is 1. The zero-order valence-electron chi connectivity index (χ0n) is 11.6. The predicted octanol–water partition coefficient (Wildman–Crippen LogP) is 3.34. The van der Waals surface area contributed by atoms with E-state index in [4.69, 9.17) is 0 Å². The molecule has 0 radical (unpaired) electrons. The zero-order chi connectivity index (χ0) is 12.5. The Bertz CT molecular complexity index is 427. The molecule has 0 aromatic heterocycles. The van der Waals surface area contributed by atoms with Crippen LogP contribution in [0.5, 0.6) is 0 Å². The van der Waals surface area contributed by atoms with Gasteiger partial charge in [0.25, 0.3) is 0 Å². The van der Waals surface area contributed by atoms with E-state index in [1.54, 1.807) is 0 Å². The number of piperidine rings is 1. The van der Waals surface area contributed by atoms with Crippen molar-refractivity contribution in [1.29, 1.82) is 0 Å². The highest BCUT2D eigenvalue weighted by Gasteiger charge is 2.31. The van der Waals surface area contributed by atoms with Gasteiger partial charge in [-0.15, -0.1) is 0 Å². The minimum absolute atomic E-state index is 0.672. The number of rotatable bonds is 2. The number of hydrogen-bond acceptors (Lipinski definition) is 2. The van der Waals surface area contributed by atoms with Crippen molar-refractivity contribution in [3.8, 4) is 0 Å². The fourth-order valence-corrected chi connectivity index (χ4v) is 3.55. The van der Waals surface area contributed by atoms with Gasteiger partial charge in [0.2, 0.25) is 0 Å². The molecule has 2 nitrogen and oxygen atoms in total. The second kappa shape index (κ2) is 4.93. The summed E-state index contributed by atoms with van der Waals surface area (Å²) >= 11 is 0. The van der Waals surface area contributed by atoms with Gasteiger partial charge in [0.05, 0.1) is 0 Å². The van der Waals surface area contributed by atoms with Crippen LogP contribution in [0.1, 0.15) is 36.8 Å². The molecule has 1 aromatic carbocycles. The Morgan fingerprint density at radius 2 is 2.06 bits per heavy atom. The molecular formula is C16H24N2. The van der Waals surface area contributed by atoms with Gasteiger partial charge in [0.15, 0.2) is 0 Å². The molecule has 3 rings (SSSR count). The second-order valence-electron chi connectivity index (χ2n) is 6.02. The van der Waals surface area contributed by atoms with Crippen molar-refractivity contribution in [2.75, 3.05) is 18.4 Å². The molecule has 18 heavy (non-hydrogen) atoms. The van der Waals surface area contributed by atoms with Crippen LogP contribution in [0.3, 0.4) is 0 Å². The highest BCUT2D eigenvalue weighted by molar-refractivity contribution is 5.52. The van der Waals surface area contributed by atoms with Crippen molar-refractivity contribution >= 4 is 5.69 Å². The minimum Gasteiger partial charge on any atom is -0.382 e. The number of fused-ring (bicyclic) bond motifs is 1. The first-order chi connectivity index (χ1) is 8.72. The summed E-state index contributed by atoms with van der Waals surface area (Å²) in [6.45, 7) is 6.99. The molecule has 2 saturated heterocycles. The molecule has 2 heterocycles. The molecule has 2 heteroatoms. The number of nitrogens with one attached hydrogen (secondary N) is 1. The smallest absolute Gasteiger partial charge is 0.0372 e. The van der Waals surface area contributed by atoms with Gasteiger partial charge in [-0.1, -0.05) is 17.7 Å². The van der Waals surface area contributed by atoms with Crippen LogP contribution in [-0.2, 0) is 0 Å². The van der Waals surface area contributed by atoms with Crippen LogP contribution in [0.25, 0.3) is 0 Å². The van der Waals surface area contributed by atoms with E-state index in [2.05, 4.69) is 42.3 Å². The summed E-state index contributed by atoms with van der Waals surface area (Å²) in [7, 11) is 0. The summed E-state index contributed by atoms with van der Waals surface area (Å²) in [5, 5.41) is 3.76. The molecule has 0 spiro atoms. The van der Waals surface area contributed by atoms with Gasteiger partial charge >= 0.3 is 0 Å². The van der Waals surface area contributed by atoms with Crippen LogP contribution in [0, 0.1) is 13.8 Å². The number of nitrogens with zero attached hydrogens (tertiary/aromatic N) is 1. The van der Waals surface area contributed by atoms with E-state index in [0.717, 1.165) is 6.04 Å². The van der Waals surface area contributed by atoms with E-state index in [0.29, 0.717) is 6.04 Å². The van der Waals surface area contributed by atoms with Crippen LogP contribution in [0.2, 0.25) is 0 Å². The molecule has 2 unspecified atom stereocenters. The van der Waals surface area contributed by atoms with Gasteiger partial charge in [-0.3, -0.25) is 0 Å². The van der Waals surface area contributed by atoms with Crippen molar-refractivity contribution in [2.24, 2.45) is 0 Å². The summed E-state index contributed by atoms with van der Waals surface area (Å²) in [6.07, 6.45) is 5.43. The summed E-state index contributed by atoms with van der Waals surface area (Å²) in [6, 6.07) is 8.24. The standard InChI is InChI=1S/C16H24N2/c1-12-5-6-16(13(2)10-12)17-14-7-9-18-8-3-4-15(18)11-14/h5-6,10,14-15,17H,3-4,7-9,11H2,1-2H3. The number of benzene rings is 1. The number of hydrogen-bond donors (Lipinski definition) is 1. The topological polar surface area (TPSA) is 15.3 Å². The lowest BCUT2D eigenvalue weighted by atomic mass is 9.97. The van der Waals surface area contributed by atoms with Crippen LogP contribution < -0.4 is 5.32 Å². The Labute approximate surface area is 110 Å². The average molecular weight is 244 g/mol. The van der Waals surface area contributed by atoms with Gasteiger partial charge in [-0.2, -0.15) is 0 Å². The number of aryl methyl sites for hydroxylation is 2. The second-order valence-corrected chi connectivity index (χ2v) is 6.02. The van der Waals surface area contributed by atoms with E-state index >= 15 is 0 Å². The Morgan fingerprint density at radius 3 is 2.89 bits per heavy atom. The first-order valence-corrected chi connectivity index (χ1v) is 7.30. The van der Waals surface area contributed by atoms with Gasteiger partial charge in [-0.25, -0.2) is 0 Å². The lowest BCUT2D eigenvalue weighted by molar-refractivity contribution is 0.188. The summed E-state index contributed by atoms with van der Waals surface area (Å²) in [5.41, 5.74) is 4.06. The summed E-state index contributed by atoms with van der Waals surface area (Å²) in [4.78, 5) is 2.68. The van der Waals surface area contributed by atoms with Crippen molar-refractivity contribution in [3.63, 3.8) is 0 Å². The molecule has 2 aliphatic heterocycles. The van der Waals surface area contributed by atoms with E-state index in [1.165, 1.54) is 55.6 Å². The van der Waals surface area contributed by atoms with Crippen molar-refractivity contribution in [3.05, 3.63) is 29.3 Å². The Balaban J connectivity index is 1.66. The molecule has 2 atom stereocenters. The SMILES string of the molecule is Cc1ccc(NC2CCN3CCCC3C2)c(C)c1. The molecular weight excluding hydrogens is 220 g/mol. The monoisotopic (exact) mass is 244 g/mol. The molecule has 98 valence electrons. The van der Waals surface area contributed by atoms with E-state index in [-0.39, 0.29) is 0 Å². The summed E-state index contributed by atoms with van der Waals surface area (Å²) < 4.78 is 0. The first-order valence-electron chi connectivity index (χ1n) is 7.30. The third-order valence-corrected chi connectivity index (χ3v) is 4.56. The van der Waals surface area contributed by atoms with Crippen LogP contribution in [0.4, 0.5) is 5.69 Å². The largest absolute Gasteiger partial charge is 0.382 e. The third kappa shape index (κ3) is 2.39. The molecule has 0 amide bonds. The first kappa shape index (κ1) is 12.0. The van der Waals surface area contributed by atoms with E-state index < -0.39 is 0 Å². The van der Waals surface area contributed by atoms with E-state index in [9.17, 15) is 0 Å². The Morgan fingerprint density at radius 1 is 1.17 bits per heavy atom. The Hall–Kier alpha value is -1.02. The minimum atomic E-state index is 0.672. The molecule has 0 saturated carbocycles. The maximum absolute atomic E-state index is 3.76. The predicted molar refractivity (Wildman–Crippen MR) is 77.2 cm³/mol. The molecule has 0 aliphatic carbocycles. The van der Waals surface area contributed by atoms with Gasteiger partial charge in [0, 0.05) is 24.3 Å². The maximum Gasteiger partial charge on any atom is 0.0372 e. The fourth-order valence-electron chi connectivity index (χ4n) is 3.55. The molecule has 2 aliphatic rings. The van der Waals surface area contributed by atoms with Gasteiger partial charge < -0.3 is 10.2 Å². The normalized spacial score (nSPS) is 28.1. The van der Waals surface area contributed by atoms with Gasteiger partial charge in [-0.05, 0) is 57.7 Å². The fraction of sp³-hybridized carbons (Fsp3) is 0.625. The third-order valence-electron chi connectivity index (χ3n) is 4.56. The van der Waals surface area contributed by atoms with E-state index in [1.807, 2.05) is 0 Å². The lowest BCUT2D eigenvalue weighted by Gasteiger charge is -2.35. The molecule has 2 fully saturated rings. The molecule has 1 N–H and O–H groups in total. The maximum atomic E-state index is 3.76. The zero-order valence-corrected chi connectivity index (χ0v) is 11.6. The van der Waals surface area contributed by atoms with Crippen molar-refractivity contribution in [2.45, 2.75) is 51.6 Å². The van der Waals surface area contributed by atoms with Crippen molar-refractivity contribution in [1.82, 2.24) is 4.90 Å². The van der Waals surface area contributed by atoms with Crippen molar-refractivity contribution < 1.29 is 0 Å². The van der Waals surface area contributed by atoms with Crippen LogP contribution in [-0.4, -0.2) is 30.1 Å². The molecule has 0 bridgehead atoms. The summed E-state index contributed by atoms with van der Waals surface area (Å²) in [5.74, 6) is 0. The quantitative estimate of drug-likeness (QED) is 0.858. The van der Waals surface area contributed by atoms with Gasteiger partial charge in [0.1, 0.15) is 0 Å². The van der Waals surface area contributed by atoms with Crippen LogP contribution >= 0.6 is 0 Å². The Kier molecular flexibility index (Phi) is 3.29. The molecule has 1 aromatic rings. The lowest BCUT2D eigenvalue weighted by Crippen LogP contribution is -2.42. The average Bonchev–Trinajstić information content (AvgIpc) is 2.80. The van der Waals surface area contributed by atoms with Crippen LogP contribution in [0.15, 0.2) is 18.2 Å².